The zero-order valence-electron chi connectivity index (χ0n) is 6.55. The summed E-state index contributed by atoms with van der Waals surface area (Å²) in [7, 11) is 0. The first-order valence-electron chi connectivity index (χ1n) is 3.40. The highest BCUT2D eigenvalue weighted by molar-refractivity contribution is 6.37. The summed E-state index contributed by atoms with van der Waals surface area (Å²) in [5.74, 6) is -0.204. The number of nitrogens with one attached hydrogen (secondary N) is 2. The molecule has 0 spiro atoms. The van der Waals surface area contributed by atoms with E-state index >= 15 is 0 Å². The smallest absolute Gasteiger partial charge is 0.268 e. The Morgan fingerprint density at radius 3 is 3.18 bits per heavy atom. The molecule has 0 saturated heterocycles. The molecule has 1 amide bonds. The summed E-state index contributed by atoms with van der Waals surface area (Å²) >= 11 is 0. The number of ether oxygens (including phenoxy) is 1. The highest BCUT2D eigenvalue weighted by atomic mass is 16.5. The second kappa shape index (κ2) is 3.34. The second-order valence-corrected chi connectivity index (χ2v) is 2.29. The van der Waals surface area contributed by atoms with Gasteiger partial charge in [0.1, 0.15) is 18.7 Å². The monoisotopic (exact) mass is 157 g/mol. The molecule has 1 rings (SSSR count). The molecule has 1 aliphatic heterocycles. The first-order valence-corrected chi connectivity index (χ1v) is 3.40. The van der Waals surface area contributed by atoms with E-state index in [1.54, 1.807) is 6.92 Å². The van der Waals surface area contributed by atoms with Crippen molar-refractivity contribution in [3.05, 3.63) is 0 Å². The third-order valence-corrected chi connectivity index (χ3v) is 1.31. The fourth-order valence-corrected chi connectivity index (χ4v) is 0.636. The third kappa shape index (κ3) is 2.19. The first-order chi connectivity index (χ1) is 5.20. The van der Waals surface area contributed by atoms with Gasteiger partial charge in [-0.05, 0) is 13.8 Å². The van der Waals surface area contributed by atoms with Crippen LogP contribution in [0.1, 0.15) is 13.8 Å². The van der Waals surface area contributed by atoms with Gasteiger partial charge in [0.05, 0.1) is 0 Å². The van der Waals surface area contributed by atoms with Crippen LogP contribution in [0, 0.1) is 0 Å². The maximum absolute atomic E-state index is 10.9. The molecule has 0 aromatic heterocycles. The Labute approximate surface area is 64.8 Å². The van der Waals surface area contributed by atoms with Crippen molar-refractivity contribution in [2.75, 3.05) is 6.73 Å². The molecule has 62 valence electrons. The molecule has 11 heavy (non-hydrogen) atoms. The number of carbonyl (C=O) groups is 1. The van der Waals surface area contributed by atoms with Crippen molar-refractivity contribution in [3.63, 3.8) is 0 Å². The van der Waals surface area contributed by atoms with Gasteiger partial charge in [-0.15, -0.1) is 0 Å². The van der Waals surface area contributed by atoms with Crippen molar-refractivity contribution in [1.82, 2.24) is 10.7 Å². The summed E-state index contributed by atoms with van der Waals surface area (Å²) in [5, 5.41) is 6.31. The molecule has 0 saturated carbocycles. The molecule has 0 aromatic carbocycles. The average molecular weight is 157 g/mol. The van der Waals surface area contributed by atoms with E-state index < -0.39 is 0 Å². The summed E-state index contributed by atoms with van der Waals surface area (Å²) in [6, 6.07) is 0. The summed E-state index contributed by atoms with van der Waals surface area (Å²) in [6.07, 6.45) is -0.162. The van der Waals surface area contributed by atoms with Gasteiger partial charge in [0.15, 0.2) is 0 Å². The van der Waals surface area contributed by atoms with Crippen LogP contribution in [0.25, 0.3) is 0 Å². The van der Waals surface area contributed by atoms with E-state index in [2.05, 4.69) is 15.8 Å². The van der Waals surface area contributed by atoms with E-state index in [1.165, 1.54) is 0 Å². The molecule has 1 heterocycles. The second-order valence-electron chi connectivity index (χ2n) is 2.29. The van der Waals surface area contributed by atoms with E-state index in [1.807, 2.05) is 6.92 Å². The molecule has 2 N–H and O–H groups in total. The summed E-state index contributed by atoms with van der Waals surface area (Å²) in [5.41, 5.74) is 3.09. The number of hydrazone groups is 1. The topological polar surface area (TPSA) is 62.7 Å². The van der Waals surface area contributed by atoms with Crippen LogP contribution in [0.2, 0.25) is 0 Å². The predicted molar refractivity (Wildman–Crippen MR) is 39.8 cm³/mol. The van der Waals surface area contributed by atoms with Crippen LogP contribution in [0.5, 0.6) is 0 Å². The van der Waals surface area contributed by atoms with Crippen LogP contribution in [-0.2, 0) is 9.53 Å². The van der Waals surface area contributed by atoms with E-state index in [0.717, 1.165) is 0 Å². The molecule has 5 nitrogen and oxygen atoms in total. The number of hydrogen-bond donors (Lipinski definition) is 2. The summed E-state index contributed by atoms with van der Waals surface area (Å²) in [6.45, 7) is 3.68. The zero-order chi connectivity index (χ0) is 8.27. The first kappa shape index (κ1) is 8.00. The van der Waals surface area contributed by atoms with Crippen LogP contribution in [0.4, 0.5) is 0 Å². The van der Waals surface area contributed by atoms with Gasteiger partial charge in [0.25, 0.3) is 5.91 Å². The molecular weight excluding hydrogens is 146 g/mol. The lowest BCUT2D eigenvalue weighted by atomic mass is 10.4. The maximum atomic E-state index is 10.9. The predicted octanol–water partition coefficient (Wildman–Crippen LogP) is -0.598. The summed E-state index contributed by atoms with van der Waals surface area (Å²) in [4.78, 5) is 10.9. The summed E-state index contributed by atoms with van der Waals surface area (Å²) < 4.78 is 5.05. The van der Waals surface area contributed by atoms with Gasteiger partial charge in [-0.25, -0.2) is 0 Å². The molecule has 5 heteroatoms. The SMILES string of the molecule is C/C1=N\NC(C)OCNC1=O. The quantitative estimate of drug-likeness (QED) is 0.493. The highest BCUT2D eigenvalue weighted by Crippen LogP contribution is 1.88. The van der Waals surface area contributed by atoms with Crippen molar-refractivity contribution in [2.24, 2.45) is 5.10 Å². The van der Waals surface area contributed by atoms with E-state index in [9.17, 15) is 4.79 Å². The van der Waals surface area contributed by atoms with Crippen molar-refractivity contribution >= 4 is 11.6 Å². The zero-order valence-corrected chi connectivity index (χ0v) is 6.55. The third-order valence-electron chi connectivity index (χ3n) is 1.31. The Hall–Kier alpha value is -1.10. The number of amides is 1. The van der Waals surface area contributed by atoms with Gasteiger partial charge < -0.3 is 10.1 Å². The van der Waals surface area contributed by atoms with Gasteiger partial charge in [-0.2, -0.15) is 5.10 Å². The molecule has 1 unspecified atom stereocenters. The largest absolute Gasteiger partial charge is 0.337 e. The number of nitrogens with zero attached hydrogens (tertiary/aromatic N) is 1. The Morgan fingerprint density at radius 2 is 2.45 bits per heavy atom. The number of carbonyl (C=O) groups excluding carboxylic acids is 1. The molecule has 0 radical (unpaired) electrons. The van der Waals surface area contributed by atoms with Crippen molar-refractivity contribution in [2.45, 2.75) is 20.1 Å². The number of hydrogen-bond acceptors (Lipinski definition) is 4. The van der Waals surface area contributed by atoms with E-state index in [4.69, 9.17) is 4.74 Å². The normalized spacial score (nSPS) is 30.5. The molecule has 0 bridgehead atoms. The minimum Gasteiger partial charge on any atom is -0.337 e. The Morgan fingerprint density at radius 1 is 1.73 bits per heavy atom. The van der Waals surface area contributed by atoms with Crippen LogP contribution >= 0.6 is 0 Å². The van der Waals surface area contributed by atoms with Gasteiger partial charge in [0.2, 0.25) is 0 Å². The Kier molecular flexibility index (Phi) is 2.43. The van der Waals surface area contributed by atoms with Gasteiger partial charge in [-0.1, -0.05) is 0 Å². The maximum Gasteiger partial charge on any atom is 0.268 e. The van der Waals surface area contributed by atoms with Crippen LogP contribution < -0.4 is 10.7 Å². The highest BCUT2D eigenvalue weighted by Gasteiger charge is 2.09. The van der Waals surface area contributed by atoms with E-state index in [-0.39, 0.29) is 18.9 Å². The standard InChI is InChI=1S/C6H11N3O2/c1-4-6(10)7-3-11-5(2)9-8-4/h5,9H,3H2,1-2H3,(H,7,10)/b8-4+. The van der Waals surface area contributed by atoms with Gasteiger partial charge in [-0.3, -0.25) is 10.2 Å². The lowest BCUT2D eigenvalue weighted by Crippen LogP contribution is -2.39. The van der Waals surface area contributed by atoms with Gasteiger partial charge >= 0.3 is 0 Å². The van der Waals surface area contributed by atoms with Crippen LogP contribution in [-0.4, -0.2) is 24.6 Å². The van der Waals surface area contributed by atoms with Crippen molar-refractivity contribution in [1.29, 1.82) is 0 Å². The molecule has 1 atom stereocenters. The van der Waals surface area contributed by atoms with Crippen LogP contribution in [0.3, 0.4) is 0 Å². The lowest BCUT2D eigenvalue weighted by Gasteiger charge is -2.16. The lowest BCUT2D eigenvalue weighted by molar-refractivity contribution is -0.117. The minimum atomic E-state index is -0.204. The Balaban J connectivity index is 2.61. The fourth-order valence-electron chi connectivity index (χ4n) is 0.636. The Bertz CT molecular complexity index is 190. The molecule has 0 fully saturated rings. The molecule has 0 aromatic rings. The molecule has 1 aliphatic rings. The molecule has 0 aliphatic carbocycles. The number of rotatable bonds is 0. The van der Waals surface area contributed by atoms with Crippen LogP contribution in [0.15, 0.2) is 5.10 Å². The van der Waals surface area contributed by atoms with Crippen molar-refractivity contribution < 1.29 is 9.53 Å². The van der Waals surface area contributed by atoms with E-state index in [0.29, 0.717) is 5.71 Å². The minimum absolute atomic E-state index is 0.162. The average Bonchev–Trinajstić information content (AvgIpc) is 1.98. The molecular formula is C6H11N3O2. The van der Waals surface area contributed by atoms with Crippen molar-refractivity contribution in [3.8, 4) is 0 Å². The van der Waals surface area contributed by atoms with Gasteiger partial charge in [0, 0.05) is 0 Å². The fraction of sp³-hybridized carbons (Fsp3) is 0.667.